The Labute approximate surface area is 103 Å². The van der Waals surface area contributed by atoms with E-state index in [1.807, 2.05) is 0 Å². The van der Waals surface area contributed by atoms with Gasteiger partial charge in [0.2, 0.25) is 5.96 Å². The molecule has 0 radical (unpaired) electrons. The SMILES string of the molecule is COCCCN=C(NN)NCCOCCOC. The predicted molar refractivity (Wildman–Crippen MR) is 66.8 cm³/mol. The van der Waals surface area contributed by atoms with Crippen LogP contribution in [0.5, 0.6) is 0 Å². The Balaban J connectivity index is 3.46. The van der Waals surface area contributed by atoms with E-state index < -0.39 is 0 Å². The van der Waals surface area contributed by atoms with Crippen molar-refractivity contribution in [3.63, 3.8) is 0 Å². The lowest BCUT2D eigenvalue weighted by Gasteiger charge is -2.09. The summed E-state index contributed by atoms with van der Waals surface area (Å²) in [5.41, 5.74) is 2.50. The van der Waals surface area contributed by atoms with E-state index >= 15 is 0 Å². The summed E-state index contributed by atoms with van der Waals surface area (Å²) in [6.07, 6.45) is 0.869. The van der Waals surface area contributed by atoms with Gasteiger partial charge in [-0.05, 0) is 6.42 Å². The van der Waals surface area contributed by atoms with Gasteiger partial charge in [0.25, 0.3) is 0 Å². The molecule has 4 N–H and O–H groups in total. The number of hydrazine groups is 1. The van der Waals surface area contributed by atoms with Crippen LogP contribution in [0, 0.1) is 0 Å². The van der Waals surface area contributed by atoms with Crippen molar-refractivity contribution >= 4 is 5.96 Å². The van der Waals surface area contributed by atoms with E-state index in [9.17, 15) is 0 Å². The molecule has 0 aliphatic heterocycles. The molecule has 0 aliphatic rings. The first kappa shape index (κ1) is 16.1. The van der Waals surface area contributed by atoms with Crippen molar-refractivity contribution in [3.8, 4) is 0 Å². The summed E-state index contributed by atoms with van der Waals surface area (Å²) < 4.78 is 15.1. The number of nitrogens with two attached hydrogens (primary N) is 1. The van der Waals surface area contributed by atoms with E-state index in [-0.39, 0.29) is 0 Å². The second-order valence-electron chi connectivity index (χ2n) is 3.25. The van der Waals surface area contributed by atoms with Crippen LogP contribution < -0.4 is 16.6 Å². The molecule has 0 aromatic carbocycles. The van der Waals surface area contributed by atoms with Crippen LogP contribution in [0.2, 0.25) is 0 Å². The van der Waals surface area contributed by atoms with Gasteiger partial charge in [0.1, 0.15) is 0 Å². The van der Waals surface area contributed by atoms with E-state index in [2.05, 4.69) is 15.7 Å². The first-order valence-corrected chi connectivity index (χ1v) is 5.65. The van der Waals surface area contributed by atoms with Crippen molar-refractivity contribution in [1.29, 1.82) is 0 Å². The number of methoxy groups -OCH3 is 2. The molecule has 0 unspecified atom stereocenters. The lowest BCUT2D eigenvalue weighted by Crippen LogP contribution is -2.43. The number of ether oxygens (including phenoxy) is 3. The summed E-state index contributed by atoms with van der Waals surface area (Å²) in [6.45, 7) is 3.80. The zero-order chi connectivity index (χ0) is 12.8. The largest absolute Gasteiger partial charge is 0.385 e. The van der Waals surface area contributed by atoms with Crippen LogP contribution in [0.3, 0.4) is 0 Å². The molecular weight excluding hydrogens is 224 g/mol. The van der Waals surface area contributed by atoms with Gasteiger partial charge >= 0.3 is 0 Å². The Kier molecular flexibility index (Phi) is 12.5. The maximum absolute atomic E-state index is 5.31. The molecule has 0 atom stereocenters. The van der Waals surface area contributed by atoms with Crippen molar-refractivity contribution in [2.75, 3.05) is 53.7 Å². The number of nitrogens with zero attached hydrogens (tertiary/aromatic N) is 1. The number of nitrogens with one attached hydrogen (secondary N) is 2. The van der Waals surface area contributed by atoms with Crippen LogP contribution in [-0.4, -0.2) is 59.7 Å². The van der Waals surface area contributed by atoms with Gasteiger partial charge in [-0.15, -0.1) is 0 Å². The topological polar surface area (TPSA) is 90.1 Å². The number of aliphatic imine (C=N–C) groups is 1. The smallest absolute Gasteiger partial charge is 0.205 e. The summed E-state index contributed by atoms with van der Waals surface area (Å²) >= 11 is 0. The molecule has 0 saturated heterocycles. The molecule has 0 amide bonds. The van der Waals surface area contributed by atoms with Crippen LogP contribution in [0.4, 0.5) is 0 Å². The lowest BCUT2D eigenvalue weighted by atomic mass is 10.5. The van der Waals surface area contributed by atoms with E-state index in [1.54, 1.807) is 14.2 Å². The second kappa shape index (κ2) is 13.2. The number of rotatable bonds is 10. The molecule has 0 aliphatic carbocycles. The highest BCUT2D eigenvalue weighted by Gasteiger charge is 1.94. The Morgan fingerprint density at radius 1 is 1.12 bits per heavy atom. The first-order valence-electron chi connectivity index (χ1n) is 5.65. The molecule has 17 heavy (non-hydrogen) atoms. The minimum atomic E-state index is 0.566. The maximum Gasteiger partial charge on any atom is 0.205 e. The highest BCUT2D eigenvalue weighted by Crippen LogP contribution is 1.82. The normalized spacial score (nSPS) is 11.6. The fourth-order valence-electron chi connectivity index (χ4n) is 1.04. The van der Waals surface area contributed by atoms with Gasteiger partial charge in [-0.3, -0.25) is 10.4 Å². The average molecular weight is 248 g/mol. The summed E-state index contributed by atoms with van der Waals surface area (Å²) in [5.74, 6) is 5.88. The van der Waals surface area contributed by atoms with Gasteiger partial charge in [0.05, 0.1) is 19.8 Å². The van der Waals surface area contributed by atoms with Gasteiger partial charge in [-0.2, -0.15) is 0 Å². The van der Waals surface area contributed by atoms with Crippen LogP contribution in [0.25, 0.3) is 0 Å². The van der Waals surface area contributed by atoms with E-state index in [1.165, 1.54) is 0 Å². The highest BCUT2D eigenvalue weighted by atomic mass is 16.5. The van der Waals surface area contributed by atoms with Gasteiger partial charge in [0.15, 0.2) is 0 Å². The quantitative estimate of drug-likeness (QED) is 0.152. The summed E-state index contributed by atoms with van der Waals surface area (Å²) in [7, 11) is 3.31. The number of guanidine groups is 1. The van der Waals surface area contributed by atoms with Crippen LogP contribution >= 0.6 is 0 Å². The van der Waals surface area contributed by atoms with Crippen molar-refractivity contribution in [2.24, 2.45) is 10.8 Å². The van der Waals surface area contributed by atoms with Gasteiger partial charge in [0, 0.05) is 33.9 Å². The average Bonchev–Trinajstić information content (AvgIpc) is 2.36. The zero-order valence-corrected chi connectivity index (χ0v) is 10.7. The Bertz CT molecular complexity index is 190. The molecular formula is C10H24N4O3. The van der Waals surface area contributed by atoms with E-state index in [0.717, 1.165) is 6.42 Å². The van der Waals surface area contributed by atoms with Crippen molar-refractivity contribution in [3.05, 3.63) is 0 Å². The lowest BCUT2D eigenvalue weighted by molar-refractivity contribution is 0.0733. The monoisotopic (exact) mass is 248 g/mol. The molecule has 102 valence electrons. The molecule has 0 aromatic rings. The third-order valence-electron chi connectivity index (χ3n) is 1.88. The Morgan fingerprint density at radius 2 is 1.88 bits per heavy atom. The Hall–Kier alpha value is -0.890. The summed E-state index contributed by atoms with van der Waals surface area (Å²) in [4.78, 5) is 4.22. The van der Waals surface area contributed by atoms with Crippen molar-refractivity contribution < 1.29 is 14.2 Å². The molecule has 0 bridgehead atoms. The predicted octanol–water partition coefficient (Wildman–Crippen LogP) is -0.905. The first-order chi connectivity index (χ1) is 8.35. The summed E-state index contributed by atoms with van der Waals surface area (Å²) in [5, 5.41) is 3.03. The number of hydrogen-bond acceptors (Lipinski definition) is 5. The molecule has 0 saturated carbocycles. The molecule has 0 aromatic heterocycles. The fourth-order valence-corrected chi connectivity index (χ4v) is 1.04. The zero-order valence-electron chi connectivity index (χ0n) is 10.7. The van der Waals surface area contributed by atoms with Gasteiger partial charge in [-0.1, -0.05) is 0 Å². The van der Waals surface area contributed by atoms with Crippen LogP contribution in [0.1, 0.15) is 6.42 Å². The van der Waals surface area contributed by atoms with Gasteiger partial charge in [-0.25, -0.2) is 5.84 Å². The van der Waals surface area contributed by atoms with Gasteiger partial charge < -0.3 is 19.5 Å². The molecule has 7 nitrogen and oxygen atoms in total. The number of hydrogen-bond donors (Lipinski definition) is 3. The third-order valence-corrected chi connectivity index (χ3v) is 1.88. The molecule has 0 fully saturated rings. The minimum Gasteiger partial charge on any atom is -0.385 e. The van der Waals surface area contributed by atoms with Crippen LogP contribution in [-0.2, 0) is 14.2 Å². The minimum absolute atomic E-state index is 0.566. The van der Waals surface area contributed by atoms with Crippen molar-refractivity contribution in [2.45, 2.75) is 6.42 Å². The molecule has 0 rings (SSSR count). The van der Waals surface area contributed by atoms with Crippen LogP contribution in [0.15, 0.2) is 4.99 Å². The highest BCUT2D eigenvalue weighted by molar-refractivity contribution is 5.79. The van der Waals surface area contributed by atoms with Crippen molar-refractivity contribution in [1.82, 2.24) is 10.7 Å². The molecule has 0 heterocycles. The molecule has 7 heteroatoms. The van der Waals surface area contributed by atoms with E-state index in [4.69, 9.17) is 20.1 Å². The summed E-state index contributed by atoms with van der Waals surface area (Å²) in [6, 6.07) is 0. The fraction of sp³-hybridized carbons (Fsp3) is 0.900. The Morgan fingerprint density at radius 3 is 2.53 bits per heavy atom. The maximum atomic E-state index is 5.31. The van der Waals surface area contributed by atoms with E-state index in [0.29, 0.717) is 45.5 Å². The molecule has 0 spiro atoms. The second-order valence-corrected chi connectivity index (χ2v) is 3.25. The third kappa shape index (κ3) is 11.4. The standard InChI is InChI=1S/C10H24N4O3/c1-15-6-3-4-12-10(14-11)13-5-7-17-9-8-16-2/h3-9,11H2,1-2H3,(H2,12,13,14).